The molecule has 8 nitrogen and oxygen atoms in total. The first-order valence-corrected chi connectivity index (χ1v) is 11.2. The van der Waals surface area contributed by atoms with E-state index in [1.165, 1.54) is 0 Å². The Morgan fingerprint density at radius 2 is 1.82 bits per heavy atom. The van der Waals surface area contributed by atoms with Gasteiger partial charge < -0.3 is 19.4 Å². The van der Waals surface area contributed by atoms with Crippen LogP contribution < -0.4 is 10.3 Å². The third-order valence-corrected chi connectivity index (χ3v) is 6.77. The van der Waals surface area contributed by atoms with Gasteiger partial charge >= 0.3 is 0 Å². The Labute approximate surface area is 201 Å². The van der Waals surface area contributed by atoms with Crippen LogP contribution in [0.2, 0.25) is 0 Å². The molecule has 1 amide bonds. The molecule has 4 heterocycles. The van der Waals surface area contributed by atoms with Crippen LogP contribution in [0.3, 0.4) is 0 Å². The van der Waals surface area contributed by atoms with E-state index in [4.69, 9.17) is 9.47 Å². The number of carbonyl (C=O) groups is 1. The Bertz CT molecular complexity index is 1430. The molecule has 1 fully saturated rings. The van der Waals surface area contributed by atoms with Crippen molar-refractivity contribution in [1.29, 1.82) is 0 Å². The van der Waals surface area contributed by atoms with Crippen molar-refractivity contribution >= 4 is 34.9 Å². The SMILES string of the molecule is COc1cc2c(cc1C(=O)N1Cc3ccccc3C1)[nH]c(=O)c1cnc(C3CCOCC3)n12.Cl. The summed E-state index contributed by atoms with van der Waals surface area (Å²) in [6.45, 7) is 2.48. The van der Waals surface area contributed by atoms with E-state index < -0.39 is 0 Å². The molecule has 176 valence electrons. The smallest absolute Gasteiger partial charge is 0.274 e. The molecule has 0 bridgehead atoms. The van der Waals surface area contributed by atoms with E-state index in [0.29, 0.717) is 48.6 Å². The Hall–Kier alpha value is -3.36. The number of hydrogen-bond donors (Lipinski definition) is 1. The first kappa shape index (κ1) is 22.4. The van der Waals surface area contributed by atoms with Gasteiger partial charge in [-0.1, -0.05) is 24.3 Å². The Balaban J connectivity index is 0.00000241. The van der Waals surface area contributed by atoms with Crippen LogP contribution in [0.5, 0.6) is 5.75 Å². The fourth-order valence-electron chi connectivity index (χ4n) is 5.05. The number of ether oxygens (including phenoxy) is 2. The second-order valence-electron chi connectivity index (χ2n) is 8.68. The minimum Gasteiger partial charge on any atom is -0.496 e. The average molecular weight is 481 g/mol. The lowest BCUT2D eigenvalue weighted by molar-refractivity contribution is 0.0748. The first-order chi connectivity index (χ1) is 16.1. The van der Waals surface area contributed by atoms with E-state index in [0.717, 1.165) is 35.3 Å². The van der Waals surface area contributed by atoms with E-state index in [-0.39, 0.29) is 29.8 Å². The minimum absolute atomic E-state index is 0. The van der Waals surface area contributed by atoms with E-state index in [2.05, 4.69) is 9.97 Å². The highest BCUT2D eigenvalue weighted by molar-refractivity contribution is 6.01. The molecular weight excluding hydrogens is 456 g/mol. The number of amides is 1. The number of halogens is 1. The number of carbonyl (C=O) groups excluding carboxylic acids is 1. The molecule has 0 aliphatic carbocycles. The van der Waals surface area contributed by atoms with Crippen molar-refractivity contribution in [1.82, 2.24) is 19.3 Å². The van der Waals surface area contributed by atoms with Gasteiger partial charge in [-0.15, -0.1) is 12.4 Å². The number of nitrogens with one attached hydrogen (secondary N) is 1. The van der Waals surface area contributed by atoms with Gasteiger partial charge in [-0.25, -0.2) is 4.98 Å². The van der Waals surface area contributed by atoms with Gasteiger partial charge in [0.2, 0.25) is 0 Å². The standard InChI is InChI=1S/C25H24N4O4.ClH/c1-32-22-11-20-19(10-18(22)25(31)28-13-16-4-2-3-5-17(16)14-28)27-24(30)21-12-26-23(29(20)21)15-6-8-33-9-7-15;/h2-5,10-12,15H,6-9,13-14H2,1H3,(H,27,30);1H. The second kappa shape index (κ2) is 8.77. The van der Waals surface area contributed by atoms with Crippen LogP contribution in [0.4, 0.5) is 0 Å². The van der Waals surface area contributed by atoms with Gasteiger partial charge in [0.05, 0.1) is 29.9 Å². The van der Waals surface area contributed by atoms with Gasteiger partial charge in [0.15, 0.2) is 0 Å². The summed E-state index contributed by atoms with van der Waals surface area (Å²) in [7, 11) is 1.56. The van der Waals surface area contributed by atoms with Crippen LogP contribution in [0, 0.1) is 0 Å². The molecule has 0 unspecified atom stereocenters. The highest BCUT2D eigenvalue weighted by atomic mass is 35.5. The number of aromatic amines is 1. The van der Waals surface area contributed by atoms with Crippen molar-refractivity contribution in [2.75, 3.05) is 20.3 Å². The van der Waals surface area contributed by atoms with Crippen molar-refractivity contribution in [2.45, 2.75) is 31.8 Å². The molecule has 2 aliphatic heterocycles. The van der Waals surface area contributed by atoms with Crippen molar-refractivity contribution in [3.8, 4) is 5.75 Å². The maximum atomic E-state index is 13.5. The normalized spacial score (nSPS) is 16.0. The average Bonchev–Trinajstić information content (AvgIpc) is 3.49. The molecule has 2 aromatic carbocycles. The molecule has 1 saturated heterocycles. The number of nitrogens with zero attached hydrogens (tertiary/aromatic N) is 3. The summed E-state index contributed by atoms with van der Waals surface area (Å²) in [6.07, 6.45) is 3.34. The lowest BCUT2D eigenvalue weighted by atomic mass is 9.99. The summed E-state index contributed by atoms with van der Waals surface area (Å²) >= 11 is 0. The van der Waals surface area contributed by atoms with Gasteiger partial charge in [-0.05, 0) is 30.0 Å². The predicted molar refractivity (Wildman–Crippen MR) is 130 cm³/mol. The second-order valence-corrected chi connectivity index (χ2v) is 8.68. The van der Waals surface area contributed by atoms with Gasteiger partial charge in [0.1, 0.15) is 17.1 Å². The Morgan fingerprint density at radius 3 is 2.50 bits per heavy atom. The zero-order chi connectivity index (χ0) is 22.5. The van der Waals surface area contributed by atoms with Gasteiger partial charge in [-0.2, -0.15) is 0 Å². The molecule has 34 heavy (non-hydrogen) atoms. The number of fused-ring (bicyclic) bond motifs is 4. The number of aromatic nitrogens is 3. The van der Waals surface area contributed by atoms with E-state index >= 15 is 0 Å². The van der Waals surface area contributed by atoms with Crippen molar-refractivity contribution in [3.63, 3.8) is 0 Å². The summed E-state index contributed by atoms with van der Waals surface area (Å²) in [5.41, 5.74) is 4.34. The molecule has 0 atom stereocenters. The van der Waals surface area contributed by atoms with Crippen LogP contribution >= 0.6 is 12.4 Å². The largest absolute Gasteiger partial charge is 0.496 e. The summed E-state index contributed by atoms with van der Waals surface area (Å²) < 4.78 is 13.1. The quantitative estimate of drug-likeness (QED) is 0.483. The number of hydrogen-bond acceptors (Lipinski definition) is 5. The molecular formula is C25H25ClN4O4. The topological polar surface area (TPSA) is 88.9 Å². The van der Waals surface area contributed by atoms with E-state index in [1.54, 1.807) is 24.3 Å². The highest BCUT2D eigenvalue weighted by Crippen LogP contribution is 2.32. The van der Waals surface area contributed by atoms with E-state index in [1.807, 2.05) is 34.7 Å². The molecule has 1 N–H and O–H groups in total. The van der Waals surface area contributed by atoms with Crippen LogP contribution in [0.25, 0.3) is 16.6 Å². The molecule has 0 spiro atoms. The summed E-state index contributed by atoms with van der Waals surface area (Å²) in [6, 6.07) is 11.6. The Morgan fingerprint density at radius 1 is 1.12 bits per heavy atom. The number of methoxy groups -OCH3 is 1. The van der Waals surface area contributed by atoms with Crippen LogP contribution in [-0.2, 0) is 17.8 Å². The van der Waals surface area contributed by atoms with Crippen molar-refractivity contribution in [3.05, 3.63) is 75.5 Å². The monoisotopic (exact) mass is 480 g/mol. The van der Waals surface area contributed by atoms with Gasteiger partial charge in [-0.3, -0.25) is 14.0 Å². The number of benzene rings is 2. The fraction of sp³-hybridized carbons (Fsp3) is 0.320. The number of imidazole rings is 1. The minimum atomic E-state index is -0.231. The highest BCUT2D eigenvalue weighted by Gasteiger charge is 2.28. The maximum absolute atomic E-state index is 13.5. The summed E-state index contributed by atoms with van der Waals surface area (Å²) in [5.74, 6) is 1.41. The molecule has 9 heteroatoms. The lowest BCUT2D eigenvalue weighted by Gasteiger charge is -2.22. The molecule has 0 radical (unpaired) electrons. The molecule has 0 saturated carbocycles. The van der Waals surface area contributed by atoms with Crippen LogP contribution in [0.1, 0.15) is 46.1 Å². The zero-order valence-electron chi connectivity index (χ0n) is 18.7. The predicted octanol–water partition coefficient (Wildman–Crippen LogP) is 3.66. The third-order valence-electron chi connectivity index (χ3n) is 6.77. The fourth-order valence-corrected chi connectivity index (χ4v) is 5.05. The molecule has 2 aliphatic rings. The van der Waals surface area contributed by atoms with Gasteiger partial charge in [0.25, 0.3) is 11.5 Å². The molecule has 2 aromatic heterocycles. The third kappa shape index (κ3) is 3.54. The van der Waals surface area contributed by atoms with Crippen LogP contribution in [0.15, 0.2) is 47.4 Å². The summed E-state index contributed by atoms with van der Waals surface area (Å²) in [5, 5.41) is 0. The summed E-state index contributed by atoms with van der Waals surface area (Å²) in [4.78, 5) is 35.7. The Kier molecular flexibility index (Phi) is 5.79. The van der Waals surface area contributed by atoms with Crippen LogP contribution in [-0.4, -0.2) is 45.5 Å². The first-order valence-electron chi connectivity index (χ1n) is 11.2. The zero-order valence-corrected chi connectivity index (χ0v) is 19.6. The van der Waals surface area contributed by atoms with Crippen molar-refractivity contribution < 1.29 is 14.3 Å². The molecule has 6 rings (SSSR count). The van der Waals surface area contributed by atoms with Gasteiger partial charge in [0, 0.05) is 38.3 Å². The van der Waals surface area contributed by atoms with E-state index in [9.17, 15) is 9.59 Å². The lowest BCUT2D eigenvalue weighted by Crippen LogP contribution is -2.26. The number of H-pyrrole nitrogens is 1. The maximum Gasteiger partial charge on any atom is 0.274 e. The number of rotatable bonds is 3. The van der Waals surface area contributed by atoms with Crippen molar-refractivity contribution in [2.24, 2.45) is 0 Å². The molecule has 4 aromatic rings.